The van der Waals surface area contributed by atoms with Gasteiger partial charge in [-0.2, -0.15) is 0 Å². The fourth-order valence-corrected chi connectivity index (χ4v) is 3.71. The first-order valence-electron chi connectivity index (χ1n) is 11.1. The van der Waals surface area contributed by atoms with Crippen molar-refractivity contribution in [1.82, 2.24) is 15.4 Å². The molecule has 1 aromatic heterocycles. The Labute approximate surface area is 188 Å². The van der Waals surface area contributed by atoms with E-state index in [2.05, 4.69) is 22.3 Å². The predicted octanol–water partition coefficient (Wildman–Crippen LogP) is 6.54. The molecular weight excluding hydrogens is 398 g/mol. The first-order chi connectivity index (χ1) is 15.8. The van der Waals surface area contributed by atoms with Crippen LogP contribution in [0.15, 0.2) is 78.9 Å². The van der Waals surface area contributed by atoms with E-state index in [1.807, 2.05) is 72.8 Å². The topological polar surface area (TPSA) is 68.1 Å². The molecule has 5 nitrogen and oxygen atoms in total. The minimum absolute atomic E-state index is 0.125. The fraction of sp³-hybridized carbons (Fsp3) is 0.222. The molecule has 0 fully saturated rings. The summed E-state index contributed by atoms with van der Waals surface area (Å²) in [5.74, 6) is 0.778. The number of hydrogen-bond acceptors (Lipinski definition) is 5. The number of benzene rings is 3. The lowest BCUT2D eigenvalue weighted by atomic mass is 9.94. The minimum atomic E-state index is 0.125. The van der Waals surface area contributed by atoms with E-state index >= 15 is 0 Å². The van der Waals surface area contributed by atoms with Gasteiger partial charge in [0, 0.05) is 28.3 Å². The number of aromatic hydroxyl groups is 1. The van der Waals surface area contributed by atoms with Gasteiger partial charge in [0.2, 0.25) is 0 Å². The van der Waals surface area contributed by atoms with E-state index in [0.29, 0.717) is 29.3 Å². The van der Waals surface area contributed by atoms with Crippen LogP contribution in [-0.2, 0) is 0 Å². The highest BCUT2D eigenvalue weighted by Crippen LogP contribution is 2.41. The second-order valence-corrected chi connectivity index (χ2v) is 7.68. The zero-order valence-corrected chi connectivity index (χ0v) is 18.2. The summed E-state index contributed by atoms with van der Waals surface area (Å²) in [6.45, 7) is 2.83. The normalized spacial score (nSPS) is 10.8. The molecule has 0 spiro atoms. The molecule has 0 radical (unpaired) electrons. The van der Waals surface area contributed by atoms with Crippen LogP contribution >= 0.6 is 0 Å². The largest absolute Gasteiger partial charge is 0.507 e. The molecule has 4 rings (SSSR count). The monoisotopic (exact) mass is 425 g/mol. The molecular formula is C27H27N3O2. The molecule has 0 aliphatic rings. The lowest BCUT2D eigenvalue weighted by Crippen LogP contribution is -2.01. The van der Waals surface area contributed by atoms with E-state index in [1.54, 1.807) is 6.07 Å². The molecule has 0 atom stereocenters. The van der Waals surface area contributed by atoms with Crippen molar-refractivity contribution >= 4 is 0 Å². The maximum Gasteiger partial charge on any atom is 0.127 e. The molecule has 0 bridgehead atoms. The van der Waals surface area contributed by atoms with Crippen LogP contribution < -0.4 is 4.74 Å². The average molecular weight is 426 g/mol. The van der Waals surface area contributed by atoms with E-state index in [4.69, 9.17) is 4.74 Å². The van der Waals surface area contributed by atoms with Gasteiger partial charge in [-0.05, 0) is 23.8 Å². The molecule has 0 amide bonds. The highest BCUT2D eigenvalue weighted by Gasteiger charge is 2.20. The molecule has 1 heterocycles. The van der Waals surface area contributed by atoms with Gasteiger partial charge < -0.3 is 9.84 Å². The maximum atomic E-state index is 11.0. The van der Waals surface area contributed by atoms with Crippen LogP contribution in [0.2, 0.25) is 0 Å². The highest BCUT2D eigenvalue weighted by atomic mass is 16.5. The first kappa shape index (κ1) is 21.5. The Kier molecular flexibility index (Phi) is 7.08. The van der Waals surface area contributed by atoms with Gasteiger partial charge in [-0.25, -0.2) is 0 Å². The number of unbranched alkanes of at least 4 members (excludes halogenated alkanes) is 3. The molecule has 32 heavy (non-hydrogen) atoms. The van der Waals surface area contributed by atoms with E-state index in [1.165, 1.54) is 12.8 Å². The van der Waals surface area contributed by atoms with Crippen LogP contribution in [0, 0.1) is 0 Å². The van der Waals surface area contributed by atoms with Gasteiger partial charge in [0.05, 0.1) is 6.61 Å². The average Bonchev–Trinajstić information content (AvgIpc) is 2.85. The fourth-order valence-electron chi connectivity index (χ4n) is 3.71. The van der Waals surface area contributed by atoms with Crippen molar-refractivity contribution in [1.29, 1.82) is 0 Å². The van der Waals surface area contributed by atoms with Crippen molar-refractivity contribution in [3.8, 4) is 45.1 Å². The van der Waals surface area contributed by atoms with Crippen LogP contribution in [0.5, 0.6) is 11.5 Å². The van der Waals surface area contributed by atoms with E-state index in [9.17, 15) is 5.11 Å². The summed E-state index contributed by atoms with van der Waals surface area (Å²) in [6.07, 6.45) is 4.55. The van der Waals surface area contributed by atoms with Crippen molar-refractivity contribution in [3.63, 3.8) is 0 Å². The SMILES string of the molecule is CCCCCCOc1ccc(-c2c(-c3ccccc3)nnnc2-c2ccccc2)c(O)c1. The number of phenols is 1. The standard InChI is InChI=1S/C27H27N3O2/c1-2-3-4-11-18-32-22-16-17-23(24(31)19-22)25-26(20-12-7-5-8-13-20)28-30-29-27(25)21-14-9-6-10-15-21/h5-10,12-17,19,31H,2-4,11,18H2,1H3. The van der Waals surface area contributed by atoms with Crippen molar-refractivity contribution in [2.45, 2.75) is 32.6 Å². The van der Waals surface area contributed by atoms with Crippen molar-refractivity contribution in [2.24, 2.45) is 0 Å². The Balaban J connectivity index is 1.75. The van der Waals surface area contributed by atoms with Gasteiger partial charge in [0.15, 0.2) is 0 Å². The van der Waals surface area contributed by atoms with Crippen molar-refractivity contribution in [3.05, 3.63) is 78.9 Å². The molecule has 0 aliphatic carbocycles. The predicted molar refractivity (Wildman–Crippen MR) is 127 cm³/mol. The van der Waals surface area contributed by atoms with Crippen LogP contribution in [-0.4, -0.2) is 27.1 Å². The molecule has 0 unspecified atom stereocenters. The van der Waals surface area contributed by atoms with E-state index in [0.717, 1.165) is 29.5 Å². The zero-order chi connectivity index (χ0) is 22.2. The number of phenolic OH excluding ortho intramolecular Hbond substituents is 1. The maximum absolute atomic E-state index is 11.0. The third-order valence-electron chi connectivity index (χ3n) is 5.36. The molecule has 4 aromatic rings. The third-order valence-corrected chi connectivity index (χ3v) is 5.36. The van der Waals surface area contributed by atoms with Crippen LogP contribution in [0.4, 0.5) is 0 Å². The Morgan fingerprint density at radius 3 is 1.94 bits per heavy atom. The number of rotatable bonds is 9. The number of hydrogen-bond donors (Lipinski definition) is 1. The Bertz CT molecular complexity index is 1090. The minimum Gasteiger partial charge on any atom is -0.507 e. The molecule has 162 valence electrons. The van der Waals surface area contributed by atoms with Crippen LogP contribution in [0.3, 0.4) is 0 Å². The van der Waals surface area contributed by atoms with E-state index < -0.39 is 0 Å². The quantitative estimate of drug-likeness (QED) is 0.309. The summed E-state index contributed by atoms with van der Waals surface area (Å²) in [4.78, 5) is 0. The first-order valence-corrected chi connectivity index (χ1v) is 11.1. The second kappa shape index (κ2) is 10.5. The lowest BCUT2D eigenvalue weighted by Gasteiger charge is -2.15. The summed E-state index contributed by atoms with van der Waals surface area (Å²) in [6, 6.07) is 25.1. The third kappa shape index (κ3) is 4.94. The Morgan fingerprint density at radius 1 is 0.750 bits per heavy atom. The Morgan fingerprint density at radius 2 is 1.38 bits per heavy atom. The molecule has 3 aromatic carbocycles. The molecule has 5 heteroatoms. The lowest BCUT2D eigenvalue weighted by molar-refractivity contribution is 0.303. The Hall–Kier alpha value is -3.73. The molecule has 0 saturated heterocycles. The summed E-state index contributed by atoms with van der Waals surface area (Å²) < 4.78 is 5.85. The van der Waals surface area contributed by atoms with Gasteiger partial charge in [-0.15, -0.1) is 10.2 Å². The van der Waals surface area contributed by atoms with Crippen molar-refractivity contribution < 1.29 is 9.84 Å². The second-order valence-electron chi connectivity index (χ2n) is 7.68. The van der Waals surface area contributed by atoms with Crippen LogP contribution in [0.1, 0.15) is 32.6 Å². The van der Waals surface area contributed by atoms with Crippen molar-refractivity contribution in [2.75, 3.05) is 6.61 Å². The summed E-state index contributed by atoms with van der Waals surface area (Å²) in [5.41, 5.74) is 4.54. The van der Waals surface area contributed by atoms with Gasteiger partial charge in [-0.3, -0.25) is 0 Å². The zero-order valence-electron chi connectivity index (χ0n) is 18.2. The van der Waals surface area contributed by atoms with Gasteiger partial charge in [-0.1, -0.05) is 86.8 Å². The van der Waals surface area contributed by atoms with E-state index in [-0.39, 0.29) is 5.75 Å². The summed E-state index contributed by atoms with van der Waals surface area (Å²) >= 11 is 0. The summed E-state index contributed by atoms with van der Waals surface area (Å²) in [7, 11) is 0. The van der Waals surface area contributed by atoms with Gasteiger partial charge in [0.1, 0.15) is 22.9 Å². The number of ether oxygens (including phenoxy) is 1. The number of nitrogens with zero attached hydrogens (tertiary/aromatic N) is 3. The summed E-state index contributed by atoms with van der Waals surface area (Å²) in [5, 5.41) is 23.7. The molecule has 0 saturated carbocycles. The van der Waals surface area contributed by atoms with Gasteiger partial charge in [0.25, 0.3) is 0 Å². The highest BCUT2D eigenvalue weighted by molar-refractivity contribution is 5.92. The molecule has 0 aliphatic heterocycles. The molecule has 1 N–H and O–H groups in total. The number of aromatic nitrogens is 3. The smallest absolute Gasteiger partial charge is 0.127 e. The van der Waals surface area contributed by atoms with Crippen LogP contribution in [0.25, 0.3) is 33.6 Å². The van der Waals surface area contributed by atoms with Gasteiger partial charge >= 0.3 is 0 Å².